The van der Waals surface area contributed by atoms with Crippen molar-refractivity contribution in [3.8, 4) is 0 Å². The van der Waals surface area contributed by atoms with E-state index in [9.17, 15) is 9.59 Å². The van der Waals surface area contributed by atoms with Crippen molar-refractivity contribution in [1.82, 2.24) is 20.0 Å². The highest BCUT2D eigenvalue weighted by Gasteiger charge is 2.28. The Morgan fingerprint density at radius 3 is 3.05 bits per heavy atom. The summed E-state index contributed by atoms with van der Waals surface area (Å²) in [6.45, 7) is 0.930. The summed E-state index contributed by atoms with van der Waals surface area (Å²) < 4.78 is 1.67. The molecule has 1 aromatic heterocycles. The van der Waals surface area contributed by atoms with E-state index in [4.69, 9.17) is 5.11 Å². The zero-order chi connectivity index (χ0) is 14.5. The van der Waals surface area contributed by atoms with Crippen LogP contribution in [0.15, 0.2) is 12.3 Å². The van der Waals surface area contributed by atoms with Crippen molar-refractivity contribution in [2.75, 3.05) is 18.1 Å². The third-order valence-corrected chi connectivity index (χ3v) is 4.18. The average Bonchev–Trinajstić information content (AvgIpc) is 2.82. The molecule has 2 rings (SSSR count). The van der Waals surface area contributed by atoms with Gasteiger partial charge in [0.15, 0.2) is 0 Å². The molecule has 1 aliphatic rings. The van der Waals surface area contributed by atoms with Gasteiger partial charge in [-0.05, 0) is 6.07 Å². The van der Waals surface area contributed by atoms with Crippen molar-refractivity contribution in [3.05, 3.63) is 18.0 Å². The Labute approximate surface area is 121 Å². The Kier molecular flexibility index (Phi) is 4.89. The lowest BCUT2D eigenvalue weighted by Gasteiger charge is -2.34. The second-order valence-electron chi connectivity index (χ2n) is 4.66. The molecule has 1 aliphatic heterocycles. The highest BCUT2D eigenvalue weighted by Crippen LogP contribution is 2.19. The summed E-state index contributed by atoms with van der Waals surface area (Å²) in [6.07, 6.45) is 1.80. The van der Waals surface area contributed by atoms with Crippen LogP contribution in [0.2, 0.25) is 0 Å². The molecule has 0 saturated carbocycles. The number of carboxylic acids is 1. The van der Waals surface area contributed by atoms with Gasteiger partial charge in [-0.1, -0.05) is 0 Å². The van der Waals surface area contributed by atoms with Gasteiger partial charge in [0.25, 0.3) is 0 Å². The van der Waals surface area contributed by atoms with Crippen molar-refractivity contribution in [2.45, 2.75) is 19.0 Å². The van der Waals surface area contributed by atoms with E-state index >= 15 is 0 Å². The van der Waals surface area contributed by atoms with Gasteiger partial charge in [0.05, 0.1) is 24.7 Å². The van der Waals surface area contributed by atoms with E-state index in [1.807, 2.05) is 19.3 Å². The maximum absolute atomic E-state index is 12.1. The van der Waals surface area contributed by atoms with Gasteiger partial charge < -0.3 is 15.3 Å². The number of amides is 2. The first-order valence-electron chi connectivity index (χ1n) is 6.39. The zero-order valence-corrected chi connectivity index (χ0v) is 12.1. The second kappa shape index (κ2) is 6.65. The number of aliphatic carboxylic acids is 1. The van der Waals surface area contributed by atoms with E-state index in [1.54, 1.807) is 21.3 Å². The Morgan fingerprint density at radius 1 is 1.60 bits per heavy atom. The number of hydrogen-bond acceptors (Lipinski definition) is 4. The predicted octanol–water partition coefficient (Wildman–Crippen LogP) is 0.522. The number of nitrogens with zero attached hydrogens (tertiary/aromatic N) is 3. The molecule has 8 heteroatoms. The molecule has 7 nitrogen and oxygen atoms in total. The van der Waals surface area contributed by atoms with E-state index in [1.165, 1.54) is 0 Å². The van der Waals surface area contributed by atoms with Crippen LogP contribution in [0, 0.1) is 0 Å². The normalized spacial score (nSPS) is 18.9. The lowest BCUT2D eigenvalue weighted by Crippen LogP contribution is -2.51. The van der Waals surface area contributed by atoms with E-state index in [0.29, 0.717) is 18.8 Å². The van der Waals surface area contributed by atoms with E-state index in [0.717, 1.165) is 11.4 Å². The first-order valence-corrected chi connectivity index (χ1v) is 7.54. The van der Waals surface area contributed by atoms with Gasteiger partial charge in [0, 0.05) is 31.3 Å². The molecule has 1 unspecified atom stereocenters. The van der Waals surface area contributed by atoms with Gasteiger partial charge in [-0.3, -0.25) is 9.48 Å². The molecule has 20 heavy (non-hydrogen) atoms. The SMILES string of the molecule is Cn1ccc(CNC(=O)N2CCSCC2CC(=O)O)n1. The van der Waals surface area contributed by atoms with Crippen molar-refractivity contribution in [3.63, 3.8) is 0 Å². The molecule has 110 valence electrons. The summed E-state index contributed by atoms with van der Waals surface area (Å²) in [4.78, 5) is 24.6. The fraction of sp³-hybridized carbons (Fsp3) is 0.583. The Bertz CT molecular complexity index is 491. The van der Waals surface area contributed by atoms with Crippen LogP contribution >= 0.6 is 11.8 Å². The molecule has 2 N–H and O–H groups in total. The number of urea groups is 1. The number of carbonyl (C=O) groups excluding carboxylic acids is 1. The smallest absolute Gasteiger partial charge is 0.318 e. The molecular weight excluding hydrogens is 280 g/mol. The Hall–Kier alpha value is -1.70. The minimum Gasteiger partial charge on any atom is -0.481 e. The lowest BCUT2D eigenvalue weighted by molar-refractivity contribution is -0.138. The summed E-state index contributed by atoms with van der Waals surface area (Å²) in [7, 11) is 1.82. The number of hydrogen-bond donors (Lipinski definition) is 2. The predicted molar refractivity (Wildman–Crippen MR) is 75.5 cm³/mol. The van der Waals surface area contributed by atoms with E-state index in [2.05, 4.69) is 10.4 Å². The van der Waals surface area contributed by atoms with E-state index in [-0.39, 0.29) is 18.5 Å². The lowest BCUT2D eigenvalue weighted by atomic mass is 10.2. The summed E-state index contributed by atoms with van der Waals surface area (Å²) >= 11 is 1.68. The minimum atomic E-state index is -0.875. The number of carbonyl (C=O) groups is 2. The second-order valence-corrected chi connectivity index (χ2v) is 5.81. The van der Waals surface area contributed by atoms with Gasteiger partial charge in [0.2, 0.25) is 0 Å². The van der Waals surface area contributed by atoms with Crippen LogP contribution in [-0.4, -0.2) is 55.9 Å². The van der Waals surface area contributed by atoms with E-state index < -0.39 is 5.97 Å². The number of rotatable bonds is 4. The Balaban J connectivity index is 1.90. The number of aryl methyl sites for hydroxylation is 1. The van der Waals surface area contributed by atoms with Crippen LogP contribution in [-0.2, 0) is 18.4 Å². The summed E-state index contributed by atoms with van der Waals surface area (Å²) in [6, 6.07) is 1.37. The number of thioether (sulfide) groups is 1. The van der Waals surface area contributed by atoms with Crippen molar-refractivity contribution in [2.24, 2.45) is 7.05 Å². The van der Waals surface area contributed by atoms with Crippen LogP contribution < -0.4 is 5.32 Å². The zero-order valence-electron chi connectivity index (χ0n) is 11.3. The third kappa shape index (κ3) is 3.89. The third-order valence-electron chi connectivity index (χ3n) is 3.09. The largest absolute Gasteiger partial charge is 0.481 e. The Morgan fingerprint density at radius 2 is 2.40 bits per heavy atom. The molecular formula is C12H18N4O3S. The van der Waals surface area contributed by atoms with Crippen LogP contribution in [0.25, 0.3) is 0 Å². The maximum Gasteiger partial charge on any atom is 0.318 e. The van der Waals surface area contributed by atoms with Gasteiger partial charge in [0.1, 0.15) is 0 Å². The van der Waals surface area contributed by atoms with Gasteiger partial charge in [-0.25, -0.2) is 4.79 Å². The summed E-state index contributed by atoms with van der Waals surface area (Å²) in [5.41, 5.74) is 0.780. The molecule has 1 saturated heterocycles. The maximum atomic E-state index is 12.1. The van der Waals surface area contributed by atoms with Gasteiger partial charge in [-0.15, -0.1) is 0 Å². The van der Waals surface area contributed by atoms with Crippen LogP contribution in [0.1, 0.15) is 12.1 Å². The molecule has 0 radical (unpaired) electrons. The highest BCUT2D eigenvalue weighted by molar-refractivity contribution is 7.99. The molecule has 0 spiro atoms. The van der Waals surface area contributed by atoms with Gasteiger partial charge >= 0.3 is 12.0 Å². The molecule has 2 heterocycles. The summed E-state index contributed by atoms with van der Waals surface area (Å²) in [5.74, 6) is 0.635. The number of carboxylic acid groups (broad SMARTS) is 1. The monoisotopic (exact) mass is 298 g/mol. The standard InChI is InChI=1S/C12H18N4O3S/c1-15-3-2-9(14-15)7-13-12(19)16-4-5-20-8-10(16)6-11(17)18/h2-3,10H,4-8H2,1H3,(H,13,19)(H,17,18). The highest BCUT2D eigenvalue weighted by atomic mass is 32.2. The van der Waals surface area contributed by atoms with Gasteiger partial charge in [-0.2, -0.15) is 16.9 Å². The molecule has 1 fully saturated rings. The van der Waals surface area contributed by atoms with Crippen LogP contribution in [0.5, 0.6) is 0 Å². The fourth-order valence-electron chi connectivity index (χ4n) is 2.12. The van der Waals surface area contributed by atoms with Crippen molar-refractivity contribution < 1.29 is 14.7 Å². The molecule has 2 amide bonds. The first kappa shape index (κ1) is 14.7. The van der Waals surface area contributed by atoms with Crippen LogP contribution in [0.3, 0.4) is 0 Å². The summed E-state index contributed by atoms with van der Waals surface area (Å²) in [5, 5.41) is 15.9. The number of aromatic nitrogens is 2. The fourth-order valence-corrected chi connectivity index (χ4v) is 3.18. The quantitative estimate of drug-likeness (QED) is 0.846. The van der Waals surface area contributed by atoms with Crippen molar-refractivity contribution in [1.29, 1.82) is 0 Å². The topological polar surface area (TPSA) is 87.5 Å². The van der Waals surface area contributed by atoms with Crippen molar-refractivity contribution >= 4 is 23.8 Å². The minimum absolute atomic E-state index is 0.00991. The molecule has 0 bridgehead atoms. The molecule has 0 aromatic carbocycles. The molecule has 1 aromatic rings. The number of nitrogens with one attached hydrogen (secondary N) is 1. The molecule has 1 atom stereocenters. The average molecular weight is 298 g/mol. The van der Waals surface area contributed by atoms with Crippen LogP contribution in [0.4, 0.5) is 4.79 Å². The molecule has 0 aliphatic carbocycles. The first-order chi connectivity index (χ1) is 9.56.